The van der Waals surface area contributed by atoms with Crippen LogP contribution >= 0.6 is 0 Å². The maximum absolute atomic E-state index is 12.4. The Kier molecular flexibility index (Phi) is 4.82. The van der Waals surface area contributed by atoms with E-state index in [9.17, 15) is 18.0 Å². The predicted octanol–water partition coefficient (Wildman–Crippen LogP) is 2.87. The highest BCUT2D eigenvalue weighted by Crippen LogP contribution is 2.30. The standard InChI is InChI=1S/C19H20N2O4S/c1-13-9-10-15(12-14(13)2)20-18(22)8-5-11-21-19(23)16-6-3-4-7-17(16)26(21,24)25/h3-4,6-7,9-10,12H,5,8,11H2,1-2H3,(H,20,22). The van der Waals surface area contributed by atoms with Crippen molar-refractivity contribution in [2.75, 3.05) is 11.9 Å². The van der Waals surface area contributed by atoms with Crippen LogP contribution in [0.2, 0.25) is 0 Å². The van der Waals surface area contributed by atoms with E-state index >= 15 is 0 Å². The number of anilines is 1. The van der Waals surface area contributed by atoms with Crippen molar-refractivity contribution in [3.05, 3.63) is 59.2 Å². The van der Waals surface area contributed by atoms with Crippen LogP contribution < -0.4 is 5.32 Å². The van der Waals surface area contributed by atoms with Gasteiger partial charge in [-0.3, -0.25) is 9.59 Å². The molecule has 0 atom stereocenters. The molecular weight excluding hydrogens is 352 g/mol. The molecule has 1 aliphatic heterocycles. The molecular formula is C19H20N2O4S. The van der Waals surface area contributed by atoms with E-state index in [4.69, 9.17) is 0 Å². The van der Waals surface area contributed by atoms with E-state index in [0.29, 0.717) is 5.69 Å². The summed E-state index contributed by atoms with van der Waals surface area (Å²) in [7, 11) is -3.81. The molecule has 7 heteroatoms. The zero-order valence-corrected chi connectivity index (χ0v) is 15.5. The van der Waals surface area contributed by atoms with Gasteiger partial charge in [0, 0.05) is 18.7 Å². The Hall–Kier alpha value is -2.67. The van der Waals surface area contributed by atoms with Crippen molar-refractivity contribution in [1.82, 2.24) is 4.31 Å². The molecule has 26 heavy (non-hydrogen) atoms. The molecule has 0 bridgehead atoms. The molecule has 0 spiro atoms. The number of rotatable bonds is 5. The largest absolute Gasteiger partial charge is 0.326 e. The third kappa shape index (κ3) is 3.35. The van der Waals surface area contributed by atoms with Crippen molar-refractivity contribution in [2.24, 2.45) is 0 Å². The second-order valence-corrected chi connectivity index (χ2v) is 8.16. The minimum absolute atomic E-state index is 0.0177. The molecule has 0 saturated heterocycles. The zero-order valence-electron chi connectivity index (χ0n) is 14.7. The molecule has 1 N–H and O–H groups in total. The number of hydrogen-bond donors (Lipinski definition) is 1. The molecule has 0 radical (unpaired) electrons. The van der Waals surface area contributed by atoms with E-state index in [0.717, 1.165) is 15.4 Å². The Morgan fingerprint density at radius 1 is 1.08 bits per heavy atom. The molecule has 0 aromatic heterocycles. The smallest absolute Gasteiger partial charge is 0.269 e. The number of aryl methyl sites for hydroxylation is 2. The third-order valence-electron chi connectivity index (χ3n) is 4.47. The number of benzene rings is 2. The van der Waals surface area contributed by atoms with E-state index in [-0.39, 0.29) is 35.8 Å². The highest BCUT2D eigenvalue weighted by molar-refractivity contribution is 7.90. The summed E-state index contributed by atoms with van der Waals surface area (Å²) < 4.78 is 25.7. The number of amides is 2. The molecule has 6 nitrogen and oxygen atoms in total. The van der Waals surface area contributed by atoms with E-state index in [2.05, 4.69) is 5.32 Å². The van der Waals surface area contributed by atoms with Gasteiger partial charge in [-0.15, -0.1) is 0 Å². The van der Waals surface area contributed by atoms with Crippen LogP contribution in [0.4, 0.5) is 5.69 Å². The Balaban J connectivity index is 1.59. The summed E-state index contributed by atoms with van der Waals surface area (Å²) in [6.45, 7) is 3.94. The van der Waals surface area contributed by atoms with Gasteiger partial charge in [0.05, 0.1) is 5.56 Å². The molecule has 3 rings (SSSR count). The fourth-order valence-corrected chi connectivity index (χ4v) is 4.49. The SMILES string of the molecule is Cc1ccc(NC(=O)CCCN2C(=O)c3ccccc3S2(=O)=O)cc1C. The van der Waals surface area contributed by atoms with Gasteiger partial charge in [0.15, 0.2) is 0 Å². The lowest BCUT2D eigenvalue weighted by Gasteiger charge is -2.14. The molecule has 2 aromatic carbocycles. The summed E-state index contributed by atoms with van der Waals surface area (Å²) in [5, 5.41) is 2.79. The molecule has 0 fully saturated rings. The summed E-state index contributed by atoms with van der Waals surface area (Å²) in [6, 6.07) is 11.8. The first-order chi connectivity index (χ1) is 12.3. The van der Waals surface area contributed by atoms with Gasteiger partial charge in [-0.05, 0) is 55.7 Å². The van der Waals surface area contributed by atoms with Crippen LogP contribution in [-0.2, 0) is 14.8 Å². The third-order valence-corrected chi connectivity index (χ3v) is 6.31. The summed E-state index contributed by atoms with van der Waals surface area (Å²) in [5.74, 6) is -0.745. The van der Waals surface area contributed by atoms with E-state index in [1.54, 1.807) is 12.1 Å². The predicted molar refractivity (Wildman–Crippen MR) is 98.4 cm³/mol. The number of nitrogens with zero attached hydrogens (tertiary/aromatic N) is 1. The van der Waals surface area contributed by atoms with Crippen LogP contribution in [-0.4, -0.2) is 31.1 Å². The number of carbonyl (C=O) groups is 2. The Bertz CT molecular complexity index is 983. The van der Waals surface area contributed by atoms with Gasteiger partial charge in [0.1, 0.15) is 4.90 Å². The fourth-order valence-electron chi connectivity index (χ4n) is 2.88. The first kappa shape index (κ1) is 18.1. The minimum Gasteiger partial charge on any atom is -0.326 e. The van der Waals surface area contributed by atoms with Crippen LogP contribution in [0.5, 0.6) is 0 Å². The number of fused-ring (bicyclic) bond motifs is 1. The average molecular weight is 372 g/mol. The molecule has 136 valence electrons. The minimum atomic E-state index is -3.81. The summed E-state index contributed by atoms with van der Waals surface area (Å²) in [4.78, 5) is 24.4. The maximum Gasteiger partial charge on any atom is 0.269 e. The molecule has 0 saturated carbocycles. The summed E-state index contributed by atoms with van der Waals surface area (Å²) in [6.07, 6.45) is 0.387. The van der Waals surface area contributed by atoms with E-state index < -0.39 is 15.9 Å². The Morgan fingerprint density at radius 3 is 2.50 bits per heavy atom. The number of carbonyl (C=O) groups excluding carboxylic acids is 2. The highest BCUT2D eigenvalue weighted by Gasteiger charge is 2.40. The van der Waals surface area contributed by atoms with Crippen LogP contribution in [0.3, 0.4) is 0 Å². The lowest BCUT2D eigenvalue weighted by Crippen LogP contribution is -2.31. The summed E-state index contributed by atoms with van der Waals surface area (Å²) >= 11 is 0. The van der Waals surface area contributed by atoms with Gasteiger partial charge in [-0.2, -0.15) is 0 Å². The number of nitrogens with one attached hydrogen (secondary N) is 1. The molecule has 2 amide bonds. The second kappa shape index (κ2) is 6.92. The topological polar surface area (TPSA) is 83.6 Å². The highest BCUT2D eigenvalue weighted by atomic mass is 32.2. The van der Waals surface area contributed by atoms with E-state index in [1.807, 2.05) is 32.0 Å². The average Bonchev–Trinajstić information content (AvgIpc) is 2.79. The van der Waals surface area contributed by atoms with E-state index in [1.165, 1.54) is 12.1 Å². The van der Waals surface area contributed by atoms with Crippen molar-refractivity contribution in [3.8, 4) is 0 Å². The van der Waals surface area contributed by atoms with Gasteiger partial charge in [-0.25, -0.2) is 12.7 Å². The zero-order chi connectivity index (χ0) is 18.9. The lowest BCUT2D eigenvalue weighted by atomic mass is 10.1. The van der Waals surface area contributed by atoms with Crippen LogP contribution in [0.15, 0.2) is 47.4 Å². The van der Waals surface area contributed by atoms with Crippen molar-refractivity contribution in [3.63, 3.8) is 0 Å². The second-order valence-electron chi connectivity index (χ2n) is 6.33. The van der Waals surface area contributed by atoms with Gasteiger partial charge < -0.3 is 5.32 Å². The molecule has 2 aromatic rings. The Morgan fingerprint density at radius 2 is 1.81 bits per heavy atom. The molecule has 0 unspecified atom stereocenters. The number of sulfonamides is 1. The first-order valence-electron chi connectivity index (χ1n) is 8.34. The van der Waals surface area contributed by atoms with Crippen molar-refractivity contribution in [1.29, 1.82) is 0 Å². The van der Waals surface area contributed by atoms with Gasteiger partial charge >= 0.3 is 0 Å². The monoisotopic (exact) mass is 372 g/mol. The van der Waals surface area contributed by atoms with Crippen molar-refractivity contribution >= 4 is 27.5 Å². The fraction of sp³-hybridized carbons (Fsp3) is 0.263. The lowest BCUT2D eigenvalue weighted by molar-refractivity contribution is -0.116. The Labute approximate surface area is 152 Å². The van der Waals surface area contributed by atoms with Crippen molar-refractivity contribution in [2.45, 2.75) is 31.6 Å². The number of hydrogen-bond acceptors (Lipinski definition) is 4. The maximum atomic E-state index is 12.4. The molecule has 0 aliphatic carbocycles. The normalized spacial score (nSPS) is 15.0. The quantitative estimate of drug-likeness (QED) is 0.875. The molecule has 1 aliphatic rings. The van der Waals surface area contributed by atoms with Gasteiger partial charge in [0.25, 0.3) is 15.9 Å². The van der Waals surface area contributed by atoms with Gasteiger partial charge in [0.2, 0.25) is 5.91 Å². The van der Waals surface area contributed by atoms with Crippen LogP contribution in [0.25, 0.3) is 0 Å². The summed E-state index contributed by atoms with van der Waals surface area (Å²) in [5.41, 5.74) is 3.11. The molecule has 1 heterocycles. The van der Waals surface area contributed by atoms with Crippen LogP contribution in [0, 0.1) is 13.8 Å². The first-order valence-corrected chi connectivity index (χ1v) is 9.78. The van der Waals surface area contributed by atoms with Gasteiger partial charge in [-0.1, -0.05) is 18.2 Å². The van der Waals surface area contributed by atoms with Crippen molar-refractivity contribution < 1.29 is 18.0 Å². The van der Waals surface area contributed by atoms with Crippen LogP contribution in [0.1, 0.15) is 34.3 Å².